The summed E-state index contributed by atoms with van der Waals surface area (Å²) in [6.07, 6.45) is 7.41. The first-order valence-corrected chi connectivity index (χ1v) is 6.31. The standard InChI is InChI=1S/C13H27O/c1-5-8-10-12(4)13(14,7-3)11-9-6-2/h12H,5-11H2,1-4H3. The Labute approximate surface area is 89.9 Å². The average molecular weight is 199 g/mol. The first kappa shape index (κ1) is 14.0. The van der Waals surface area contributed by atoms with E-state index in [1.807, 2.05) is 6.92 Å². The van der Waals surface area contributed by atoms with Crippen LogP contribution in [0.4, 0.5) is 0 Å². The van der Waals surface area contributed by atoms with Crippen LogP contribution in [0.1, 0.15) is 72.6 Å². The van der Waals surface area contributed by atoms with Gasteiger partial charge in [-0.05, 0) is 25.2 Å². The molecule has 0 bridgehead atoms. The van der Waals surface area contributed by atoms with Gasteiger partial charge in [-0.3, -0.25) is 0 Å². The van der Waals surface area contributed by atoms with E-state index >= 15 is 0 Å². The Morgan fingerprint density at radius 3 is 2.07 bits per heavy atom. The third-order valence-electron chi connectivity index (χ3n) is 3.44. The normalized spacial score (nSPS) is 17.8. The SMILES string of the molecule is CCCCC(C)C([O])(CC)CCCC. The molecule has 1 heteroatoms. The van der Waals surface area contributed by atoms with Crippen molar-refractivity contribution in [3.8, 4) is 0 Å². The van der Waals surface area contributed by atoms with Crippen LogP contribution in [0, 0.1) is 5.92 Å². The molecule has 2 atom stereocenters. The first-order chi connectivity index (χ1) is 6.60. The van der Waals surface area contributed by atoms with Gasteiger partial charge < -0.3 is 0 Å². The lowest BCUT2D eigenvalue weighted by atomic mass is 9.79. The first-order valence-electron chi connectivity index (χ1n) is 6.31. The monoisotopic (exact) mass is 199 g/mol. The fraction of sp³-hybridized carbons (Fsp3) is 1.00. The second kappa shape index (κ2) is 7.28. The van der Waals surface area contributed by atoms with Crippen molar-refractivity contribution in [2.75, 3.05) is 0 Å². The minimum absolute atomic E-state index is 0.346. The van der Waals surface area contributed by atoms with E-state index in [1.54, 1.807) is 0 Å². The molecular formula is C13H27O. The highest BCUT2D eigenvalue weighted by Crippen LogP contribution is 2.31. The number of hydrogen-bond acceptors (Lipinski definition) is 0. The molecule has 0 fully saturated rings. The Kier molecular flexibility index (Phi) is 7.26. The highest BCUT2D eigenvalue weighted by Gasteiger charge is 2.32. The minimum atomic E-state index is -0.648. The third-order valence-corrected chi connectivity index (χ3v) is 3.44. The van der Waals surface area contributed by atoms with Gasteiger partial charge in [0, 0.05) is 0 Å². The highest BCUT2D eigenvalue weighted by atomic mass is 16.3. The molecule has 0 aliphatic rings. The van der Waals surface area contributed by atoms with Crippen molar-refractivity contribution in [1.82, 2.24) is 0 Å². The van der Waals surface area contributed by atoms with E-state index in [0.717, 1.165) is 32.1 Å². The van der Waals surface area contributed by atoms with E-state index in [2.05, 4.69) is 20.8 Å². The van der Waals surface area contributed by atoms with Crippen LogP contribution >= 0.6 is 0 Å². The van der Waals surface area contributed by atoms with Crippen LogP contribution in [0.2, 0.25) is 0 Å². The zero-order valence-corrected chi connectivity index (χ0v) is 10.4. The maximum Gasteiger partial charge on any atom is 0.106 e. The summed E-state index contributed by atoms with van der Waals surface area (Å²) < 4.78 is 0. The molecule has 85 valence electrons. The molecule has 2 unspecified atom stereocenters. The molecule has 0 aliphatic carbocycles. The van der Waals surface area contributed by atoms with Crippen LogP contribution in [0.15, 0.2) is 0 Å². The van der Waals surface area contributed by atoms with Crippen LogP contribution in [0.25, 0.3) is 0 Å². The van der Waals surface area contributed by atoms with Crippen molar-refractivity contribution in [3.05, 3.63) is 0 Å². The quantitative estimate of drug-likeness (QED) is 0.545. The van der Waals surface area contributed by atoms with Gasteiger partial charge in [-0.1, -0.05) is 53.4 Å². The molecule has 0 aromatic rings. The van der Waals surface area contributed by atoms with Crippen molar-refractivity contribution in [3.63, 3.8) is 0 Å². The minimum Gasteiger partial charge on any atom is -0.229 e. The maximum atomic E-state index is 12.4. The molecular weight excluding hydrogens is 172 g/mol. The van der Waals surface area contributed by atoms with E-state index in [-0.39, 0.29) is 0 Å². The molecule has 0 saturated heterocycles. The zero-order chi connectivity index (χ0) is 11.0. The van der Waals surface area contributed by atoms with Crippen LogP contribution in [-0.4, -0.2) is 5.60 Å². The molecule has 0 rings (SSSR count). The number of unbranched alkanes of at least 4 members (excludes halogenated alkanes) is 2. The van der Waals surface area contributed by atoms with E-state index in [0.29, 0.717) is 5.92 Å². The smallest absolute Gasteiger partial charge is 0.106 e. The molecule has 0 N–H and O–H groups in total. The predicted octanol–water partition coefficient (Wildman–Crippen LogP) is 4.58. The van der Waals surface area contributed by atoms with Crippen molar-refractivity contribution in [2.24, 2.45) is 5.92 Å². The van der Waals surface area contributed by atoms with Gasteiger partial charge in [0.15, 0.2) is 0 Å². The van der Waals surface area contributed by atoms with Crippen molar-refractivity contribution >= 4 is 0 Å². The van der Waals surface area contributed by atoms with Crippen molar-refractivity contribution in [1.29, 1.82) is 0 Å². The molecule has 0 aromatic heterocycles. The second-order valence-corrected chi connectivity index (χ2v) is 4.57. The van der Waals surface area contributed by atoms with Gasteiger partial charge >= 0.3 is 0 Å². The Balaban J connectivity index is 4.05. The fourth-order valence-electron chi connectivity index (χ4n) is 2.02. The Morgan fingerprint density at radius 1 is 1.07 bits per heavy atom. The summed E-state index contributed by atoms with van der Waals surface area (Å²) in [7, 11) is 0. The number of rotatable bonds is 8. The molecule has 1 nitrogen and oxygen atoms in total. The summed E-state index contributed by atoms with van der Waals surface area (Å²) >= 11 is 0. The molecule has 0 aromatic carbocycles. The van der Waals surface area contributed by atoms with Crippen molar-refractivity contribution < 1.29 is 5.11 Å². The predicted molar refractivity (Wildman–Crippen MR) is 61.9 cm³/mol. The van der Waals surface area contributed by atoms with Crippen LogP contribution < -0.4 is 0 Å². The van der Waals surface area contributed by atoms with Gasteiger partial charge in [0.05, 0.1) is 0 Å². The second-order valence-electron chi connectivity index (χ2n) is 4.57. The summed E-state index contributed by atoms with van der Waals surface area (Å²) in [6.45, 7) is 8.54. The summed E-state index contributed by atoms with van der Waals surface area (Å²) in [5, 5.41) is 12.4. The van der Waals surface area contributed by atoms with Gasteiger partial charge in [0.25, 0.3) is 0 Å². The number of hydrogen-bond donors (Lipinski definition) is 0. The molecule has 14 heavy (non-hydrogen) atoms. The van der Waals surface area contributed by atoms with Crippen molar-refractivity contribution in [2.45, 2.75) is 78.2 Å². The Morgan fingerprint density at radius 2 is 1.64 bits per heavy atom. The summed E-state index contributed by atoms with van der Waals surface area (Å²) in [6, 6.07) is 0. The summed E-state index contributed by atoms with van der Waals surface area (Å²) in [4.78, 5) is 0. The van der Waals surface area contributed by atoms with Gasteiger partial charge in [-0.25, -0.2) is 5.11 Å². The zero-order valence-electron chi connectivity index (χ0n) is 10.4. The summed E-state index contributed by atoms with van der Waals surface area (Å²) in [5.41, 5.74) is -0.648. The van der Waals surface area contributed by atoms with E-state index in [4.69, 9.17) is 0 Å². The topological polar surface area (TPSA) is 19.9 Å². The fourth-order valence-corrected chi connectivity index (χ4v) is 2.02. The third kappa shape index (κ3) is 4.45. The van der Waals surface area contributed by atoms with Gasteiger partial charge in [-0.15, -0.1) is 0 Å². The lowest BCUT2D eigenvalue weighted by molar-refractivity contribution is -0.0862. The Hall–Kier alpha value is -0.0400. The molecule has 1 radical (unpaired) electrons. The molecule has 0 spiro atoms. The Bertz CT molecular complexity index is 133. The van der Waals surface area contributed by atoms with Gasteiger partial charge in [0.1, 0.15) is 5.60 Å². The molecule has 0 heterocycles. The van der Waals surface area contributed by atoms with Crippen LogP contribution in [0.5, 0.6) is 0 Å². The van der Waals surface area contributed by atoms with Crippen LogP contribution in [-0.2, 0) is 5.11 Å². The molecule has 0 saturated carbocycles. The van der Waals surface area contributed by atoms with Crippen LogP contribution in [0.3, 0.4) is 0 Å². The maximum absolute atomic E-state index is 12.4. The van der Waals surface area contributed by atoms with Gasteiger partial charge in [0.2, 0.25) is 0 Å². The van der Waals surface area contributed by atoms with E-state index in [9.17, 15) is 5.11 Å². The summed E-state index contributed by atoms with van der Waals surface area (Å²) in [5.74, 6) is 0.346. The molecule has 0 aliphatic heterocycles. The van der Waals surface area contributed by atoms with E-state index < -0.39 is 5.60 Å². The average Bonchev–Trinajstić information content (AvgIpc) is 2.22. The highest BCUT2D eigenvalue weighted by molar-refractivity contribution is 4.82. The lowest BCUT2D eigenvalue weighted by Gasteiger charge is -2.31. The van der Waals surface area contributed by atoms with Gasteiger partial charge in [-0.2, -0.15) is 0 Å². The molecule has 0 amide bonds. The lowest BCUT2D eigenvalue weighted by Crippen LogP contribution is -2.34. The van der Waals surface area contributed by atoms with E-state index in [1.165, 1.54) is 12.8 Å². The largest absolute Gasteiger partial charge is 0.229 e.